The Morgan fingerprint density at radius 3 is 2.59 bits per heavy atom. The van der Waals surface area contributed by atoms with Gasteiger partial charge in [0.2, 0.25) is 0 Å². The lowest BCUT2D eigenvalue weighted by molar-refractivity contribution is 0.0970. The van der Waals surface area contributed by atoms with Gasteiger partial charge in [-0.2, -0.15) is 5.10 Å². The summed E-state index contributed by atoms with van der Waals surface area (Å²) in [7, 11) is 1.57. The van der Waals surface area contributed by atoms with Gasteiger partial charge in [-0.05, 0) is 55.3 Å². The van der Waals surface area contributed by atoms with Gasteiger partial charge in [-0.25, -0.2) is 9.67 Å². The van der Waals surface area contributed by atoms with E-state index in [1.54, 1.807) is 36.1 Å². The summed E-state index contributed by atoms with van der Waals surface area (Å²) in [6.45, 7) is 3.94. The van der Waals surface area contributed by atoms with Crippen LogP contribution in [0.1, 0.15) is 21.5 Å². The molecule has 29 heavy (non-hydrogen) atoms. The average Bonchev–Trinajstić information content (AvgIpc) is 3.17. The maximum absolute atomic E-state index is 12.9. The summed E-state index contributed by atoms with van der Waals surface area (Å²) in [6, 6.07) is 12.7. The van der Waals surface area contributed by atoms with Gasteiger partial charge in [0.15, 0.2) is 11.4 Å². The van der Waals surface area contributed by atoms with Crippen LogP contribution >= 0.6 is 0 Å². The van der Waals surface area contributed by atoms with E-state index in [9.17, 15) is 9.59 Å². The molecule has 2 aromatic heterocycles. The van der Waals surface area contributed by atoms with Crippen LogP contribution in [0.3, 0.4) is 0 Å². The highest BCUT2D eigenvalue weighted by molar-refractivity contribution is 5.96. The maximum Gasteiger partial charge on any atom is 0.264 e. The molecule has 4 aromatic rings. The fourth-order valence-electron chi connectivity index (χ4n) is 3.23. The van der Waals surface area contributed by atoms with E-state index in [1.165, 1.54) is 17.1 Å². The molecule has 0 bridgehead atoms. The first kappa shape index (κ1) is 18.6. The van der Waals surface area contributed by atoms with Crippen molar-refractivity contribution in [3.8, 4) is 11.4 Å². The van der Waals surface area contributed by atoms with E-state index >= 15 is 0 Å². The van der Waals surface area contributed by atoms with Crippen molar-refractivity contribution in [2.24, 2.45) is 0 Å². The van der Waals surface area contributed by atoms with Crippen LogP contribution in [0.15, 0.2) is 59.8 Å². The highest BCUT2D eigenvalue weighted by Crippen LogP contribution is 2.20. The molecule has 0 spiro atoms. The summed E-state index contributed by atoms with van der Waals surface area (Å²) in [5.74, 6) is 0.485. The van der Waals surface area contributed by atoms with E-state index in [-0.39, 0.29) is 17.9 Å². The van der Waals surface area contributed by atoms with Gasteiger partial charge >= 0.3 is 0 Å². The van der Waals surface area contributed by atoms with Gasteiger partial charge in [0.05, 0.1) is 25.5 Å². The molecule has 0 saturated carbocycles. The SMILES string of the molecule is COc1ccc(C(=O)Cn2cnc3c(cnn3-c3cccc(C)c3C)c2=O)cc1. The molecular weight excluding hydrogens is 368 g/mol. The van der Waals surface area contributed by atoms with E-state index < -0.39 is 0 Å². The van der Waals surface area contributed by atoms with Crippen LogP contribution in [0.5, 0.6) is 5.75 Å². The molecule has 146 valence electrons. The van der Waals surface area contributed by atoms with Gasteiger partial charge in [0, 0.05) is 5.56 Å². The van der Waals surface area contributed by atoms with E-state index in [0.29, 0.717) is 22.3 Å². The standard InChI is InChI=1S/C22H20N4O3/c1-14-5-4-6-19(15(14)2)26-21-18(11-24-26)22(28)25(13-23-21)12-20(27)16-7-9-17(29-3)10-8-16/h4-11,13H,12H2,1-3H3. The highest BCUT2D eigenvalue weighted by atomic mass is 16.5. The number of hydrogen-bond donors (Lipinski definition) is 0. The number of aryl methyl sites for hydroxylation is 1. The number of ketones is 1. The van der Waals surface area contributed by atoms with Crippen LogP contribution in [0.4, 0.5) is 0 Å². The number of rotatable bonds is 5. The second-order valence-corrected chi connectivity index (χ2v) is 6.84. The van der Waals surface area contributed by atoms with E-state index in [4.69, 9.17) is 4.74 Å². The second kappa shape index (κ2) is 7.35. The zero-order chi connectivity index (χ0) is 20.5. The van der Waals surface area contributed by atoms with Gasteiger partial charge in [-0.15, -0.1) is 0 Å². The molecule has 0 atom stereocenters. The van der Waals surface area contributed by atoms with E-state index in [1.807, 2.05) is 32.0 Å². The van der Waals surface area contributed by atoms with Crippen LogP contribution < -0.4 is 10.3 Å². The van der Waals surface area contributed by atoms with Crippen molar-refractivity contribution in [1.29, 1.82) is 0 Å². The van der Waals surface area contributed by atoms with Gasteiger partial charge in [-0.1, -0.05) is 12.1 Å². The molecule has 0 unspecified atom stereocenters. The molecule has 0 radical (unpaired) electrons. The van der Waals surface area contributed by atoms with Gasteiger partial charge in [0.25, 0.3) is 5.56 Å². The summed E-state index contributed by atoms with van der Waals surface area (Å²) < 4.78 is 8.07. The predicted molar refractivity (Wildman–Crippen MR) is 110 cm³/mol. The number of Topliss-reactive ketones (excluding diaryl/α,β-unsaturated/α-hetero) is 1. The van der Waals surface area contributed by atoms with Crippen LogP contribution in [0.25, 0.3) is 16.7 Å². The Kier molecular flexibility index (Phi) is 4.72. The van der Waals surface area contributed by atoms with Crippen molar-refractivity contribution >= 4 is 16.8 Å². The van der Waals surface area contributed by atoms with Crippen molar-refractivity contribution in [2.75, 3.05) is 7.11 Å². The van der Waals surface area contributed by atoms with Crippen molar-refractivity contribution in [3.63, 3.8) is 0 Å². The van der Waals surface area contributed by atoms with Crippen molar-refractivity contribution in [3.05, 3.63) is 82.0 Å². The number of methoxy groups -OCH3 is 1. The number of benzene rings is 2. The Morgan fingerprint density at radius 2 is 1.86 bits per heavy atom. The first-order chi connectivity index (χ1) is 14.0. The predicted octanol–water partition coefficient (Wildman–Crippen LogP) is 3.09. The largest absolute Gasteiger partial charge is 0.497 e. The first-order valence-corrected chi connectivity index (χ1v) is 9.16. The Balaban J connectivity index is 1.69. The van der Waals surface area contributed by atoms with Crippen molar-refractivity contribution < 1.29 is 9.53 Å². The van der Waals surface area contributed by atoms with Gasteiger partial charge in [-0.3, -0.25) is 14.2 Å². The summed E-state index contributed by atoms with van der Waals surface area (Å²) in [5.41, 5.74) is 3.75. The molecule has 7 heteroatoms. The number of carbonyl (C=O) groups excluding carboxylic acids is 1. The van der Waals surface area contributed by atoms with Crippen molar-refractivity contribution in [2.45, 2.75) is 20.4 Å². The number of nitrogens with zero attached hydrogens (tertiary/aromatic N) is 4. The summed E-state index contributed by atoms with van der Waals surface area (Å²) in [4.78, 5) is 29.9. The maximum atomic E-state index is 12.9. The quantitative estimate of drug-likeness (QED) is 0.491. The average molecular weight is 388 g/mol. The fraction of sp³-hybridized carbons (Fsp3) is 0.182. The zero-order valence-corrected chi connectivity index (χ0v) is 16.4. The summed E-state index contributed by atoms with van der Waals surface area (Å²) in [6.07, 6.45) is 2.90. The number of aromatic nitrogens is 4. The number of hydrogen-bond acceptors (Lipinski definition) is 5. The molecule has 2 aromatic carbocycles. The number of ether oxygens (including phenoxy) is 1. The minimum absolute atomic E-state index is 0.0945. The van der Waals surface area contributed by atoms with Crippen LogP contribution in [0, 0.1) is 13.8 Å². The zero-order valence-electron chi connectivity index (χ0n) is 16.4. The molecule has 0 amide bonds. The van der Waals surface area contributed by atoms with Gasteiger partial charge < -0.3 is 4.74 Å². The lowest BCUT2D eigenvalue weighted by atomic mass is 10.1. The molecule has 0 aliphatic heterocycles. The van der Waals surface area contributed by atoms with Crippen LogP contribution in [0.2, 0.25) is 0 Å². The summed E-state index contributed by atoms with van der Waals surface area (Å²) in [5, 5.41) is 4.74. The molecule has 0 aliphatic rings. The molecule has 0 saturated heterocycles. The third-order valence-electron chi connectivity index (χ3n) is 5.08. The number of fused-ring (bicyclic) bond motifs is 1. The monoisotopic (exact) mass is 388 g/mol. The minimum atomic E-state index is -0.298. The fourth-order valence-corrected chi connectivity index (χ4v) is 3.23. The third kappa shape index (κ3) is 3.31. The normalized spacial score (nSPS) is 11.0. The number of carbonyl (C=O) groups is 1. The molecular formula is C22H20N4O3. The Hall–Kier alpha value is -3.74. The molecule has 7 nitrogen and oxygen atoms in total. The van der Waals surface area contributed by atoms with Crippen LogP contribution in [-0.4, -0.2) is 32.2 Å². The van der Waals surface area contributed by atoms with Crippen molar-refractivity contribution in [1.82, 2.24) is 19.3 Å². The minimum Gasteiger partial charge on any atom is -0.497 e. The molecule has 0 N–H and O–H groups in total. The van der Waals surface area contributed by atoms with Crippen LogP contribution in [-0.2, 0) is 6.54 Å². The summed E-state index contributed by atoms with van der Waals surface area (Å²) >= 11 is 0. The van der Waals surface area contributed by atoms with E-state index in [2.05, 4.69) is 10.1 Å². The topological polar surface area (TPSA) is 79.0 Å². The lowest BCUT2D eigenvalue weighted by Crippen LogP contribution is -2.24. The molecule has 2 heterocycles. The lowest BCUT2D eigenvalue weighted by Gasteiger charge is -2.10. The van der Waals surface area contributed by atoms with Gasteiger partial charge in [0.1, 0.15) is 17.5 Å². The Bertz CT molecular complexity index is 1270. The second-order valence-electron chi connectivity index (χ2n) is 6.84. The highest BCUT2D eigenvalue weighted by Gasteiger charge is 2.15. The first-order valence-electron chi connectivity index (χ1n) is 9.16. The Labute approximate surface area is 167 Å². The third-order valence-corrected chi connectivity index (χ3v) is 5.08. The Morgan fingerprint density at radius 1 is 1.10 bits per heavy atom. The molecule has 0 aliphatic carbocycles. The smallest absolute Gasteiger partial charge is 0.264 e. The molecule has 4 rings (SSSR count). The molecule has 0 fully saturated rings. The van der Waals surface area contributed by atoms with E-state index in [0.717, 1.165) is 16.8 Å².